The monoisotopic (exact) mass is 374 g/mol. The molecule has 4 rings (SSSR count). The van der Waals surface area contributed by atoms with Gasteiger partial charge < -0.3 is 9.80 Å². The Balaban J connectivity index is 1.99. The lowest BCUT2D eigenvalue weighted by Crippen LogP contribution is -2.36. The molecular formula is C24H23ClN2. The summed E-state index contributed by atoms with van der Waals surface area (Å²) < 4.78 is 0. The summed E-state index contributed by atoms with van der Waals surface area (Å²) in [5.41, 5.74) is 8.22. The molecule has 3 heteroatoms. The molecule has 0 fully saturated rings. The molecule has 2 aromatic rings. The van der Waals surface area contributed by atoms with E-state index in [1.54, 1.807) is 0 Å². The Morgan fingerprint density at radius 3 is 2.22 bits per heavy atom. The van der Waals surface area contributed by atoms with Gasteiger partial charge in [0.1, 0.15) is 0 Å². The van der Waals surface area contributed by atoms with E-state index < -0.39 is 0 Å². The Bertz CT molecular complexity index is 1010. The highest BCUT2D eigenvalue weighted by molar-refractivity contribution is 6.34. The second-order valence-corrected chi connectivity index (χ2v) is 7.63. The van der Waals surface area contributed by atoms with Crippen LogP contribution in [0.3, 0.4) is 0 Å². The highest BCUT2D eigenvalue weighted by Crippen LogP contribution is 2.51. The van der Waals surface area contributed by atoms with Crippen molar-refractivity contribution in [2.45, 2.75) is 13.8 Å². The van der Waals surface area contributed by atoms with Crippen LogP contribution in [0, 0.1) is 5.92 Å². The molecule has 2 nitrogen and oxygen atoms in total. The van der Waals surface area contributed by atoms with Gasteiger partial charge in [-0.25, -0.2) is 0 Å². The molecule has 0 radical (unpaired) electrons. The van der Waals surface area contributed by atoms with Gasteiger partial charge in [-0.1, -0.05) is 75.0 Å². The summed E-state index contributed by atoms with van der Waals surface area (Å²) in [5, 5.41) is 0.759. The predicted octanol–water partition coefficient (Wildman–Crippen LogP) is 6.54. The van der Waals surface area contributed by atoms with Crippen molar-refractivity contribution in [1.82, 2.24) is 0 Å². The number of fused-ring (bicyclic) bond motifs is 1. The standard InChI is InChI=1S/C24H23ClN2/c1-15(2)23-22(25)24-21(17(4)27(23)18-11-7-6-8-12-18)16(3)19-13-9-10-14-20(19)26(24)5/h6-15H,3-4H2,1-2,5H3. The van der Waals surface area contributed by atoms with Crippen molar-refractivity contribution in [1.29, 1.82) is 0 Å². The number of halogens is 1. The number of para-hydroxylation sites is 2. The van der Waals surface area contributed by atoms with E-state index in [2.05, 4.69) is 68.1 Å². The van der Waals surface area contributed by atoms with Crippen molar-refractivity contribution in [3.8, 4) is 0 Å². The first kappa shape index (κ1) is 17.7. The summed E-state index contributed by atoms with van der Waals surface area (Å²) in [7, 11) is 2.06. The lowest BCUT2D eigenvalue weighted by atomic mass is 9.85. The molecule has 2 heterocycles. The van der Waals surface area contributed by atoms with Crippen molar-refractivity contribution in [3.05, 3.63) is 101 Å². The Labute approximate surface area is 166 Å². The average molecular weight is 375 g/mol. The van der Waals surface area contributed by atoms with Gasteiger partial charge in [-0.05, 0) is 29.7 Å². The summed E-state index contributed by atoms with van der Waals surface area (Å²) in [6.07, 6.45) is 0. The van der Waals surface area contributed by atoms with Crippen molar-refractivity contribution in [2.24, 2.45) is 5.92 Å². The molecule has 0 unspecified atom stereocenters. The smallest absolute Gasteiger partial charge is 0.0851 e. The maximum atomic E-state index is 7.04. The van der Waals surface area contributed by atoms with E-state index >= 15 is 0 Å². The van der Waals surface area contributed by atoms with E-state index in [0.717, 1.165) is 50.2 Å². The van der Waals surface area contributed by atoms with Gasteiger partial charge in [0.15, 0.2) is 0 Å². The summed E-state index contributed by atoms with van der Waals surface area (Å²) in [6, 6.07) is 18.6. The average Bonchev–Trinajstić information content (AvgIpc) is 2.67. The van der Waals surface area contributed by atoms with E-state index in [1.807, 2.05) is 30.3 Å². The van der Waals surface area contributed by atoms with Gasteiger partial charge in [0.2, 0.25) is 0 Å². The SMILES string of the molecule is C=C1C2=C(C(Cl)=C(C(C)C)N(c3ccccc3)C2=C)N(C)c2ccccc21. The van der Waals surface area contributed by atoms with Crippen LogP contribution in [0.15, 0.2) is 95.5 Å². The number of hydrogen-bond donors (Lipinski definition) is 0. The van der Waals surface area contributed by atoms with Crippen LogP contribution in [-0.4, -0.2) is 7.05 Å². The van der Waals surface area contributed by atoms with Crippen molar-refractivity contribution in [2.75, 3.05) is 16.8 Å². The fourth-order valence-electron chi connectivity index (χ4n) is 4.02. The summed E-state index contributed by atoms with van der Waals surface area (Å²) in [5.74, 6) is 0.238. The van der Waals surface area contributed by atoms with Crippen LogP contribution >= 0.6 is 11.6 Å². The maximum Gasteiger partial charge on any atom is 0.0851 e. The zero-order valence-electron chi connectivity index (χ0n) is 16.0. The Morgan fingerprint density at radius 1 is 0.926 bits per heavy atom. The summed E-state index contributed by atoms with van der Waals surface area (Å²) in [4.78, 5) is 4.34. The molecule has 2 aliphatic heterocycles. The minimum absolute atomic E-state index is 0.238. The molecule has 0 amide bonds. The van der Waals surface area contributed by atoms with Gasteiger partial charge >= 0.3 is 0 Å². The highest BCUT2D eigenvalue weighted by atomic mass is 35.5. The molecule has 0 aliphatic carbocycles. The number of nitrogens with zero attached hydrogens (tertiary/aromatic N) is 2. The quantitative estimate of drug-likeness (QED) is 0.588. The second kappa shape index (κ2) is 6.47. The first-order chi connectivity index (χ1) is 12.9. The van der Waals surface area contributed by atoms with Gasteiger partial charge in [0.05, 0.1) is 10.7 Å². The van der Waals surface area contributed by atoms with Crippen LogP contribution in [0.5, 0.6) is 0 Å². The summed E-state index contributed by atoms with van der Waals surface area (Å²) in [6.45, 7) is 13.2. The number of likely N-dealkylation sites (N-methyl/N-ethyl adjacent to an activating group) is 1. The second-order valence-electron chi connectivity index (χ2n) is 7.25. The zero-order chi connectivity index (χ0) is 19.3. The van der Waals surface area contributed by atoms with Crippen LogP contribution in [0.4, 0.5) is 11.4 Å². The predicted molar refractivity (Wildman–Crippen MR) is 117 cm³/mol. The van der Waals surface area contributed by atoms with Crippen LogP contribution < -0.4 is 9.80 Å². The van der Waals surface area contributed by atoms with Crippen LogP contribution in [0.1, 0.15) is 19.4 Å². The van der Waals surface area contributed by atoms with E-state index in [4.69, 9.17) is 11.6 Å². The highest BCUT2D eigenvalue weighted by Gasteiger charge is 2.38. The Kier molecular flexibility index (Phi) is 4.24. The van der Waals surface area contributed by atoms with Crippen molar-refractivity contribution in [3.63, 3.8) is 0 Å². The van der Waals surface area contributed by atoms with E-state index in [1.165, 1.54) is 0 Å². The molecule has 2 aliphatic rings. The molecule has 136 valence electrons. The summed E-state index contributed by atoms with van der Waals surface area (Å²) >= 11 is 7.04. The lowest BCUT2D eigenvalue weighted by Gasteiger charge is -2.43. The Morgan fingerprint density at radius 2 is 1.56 bits per heavy atom. The van der Waals surface area contributed by atoms with Gasteiger partial charge in [0, 0.05) is 41.0 Å². The first-order valence-corrected chi connectivity index (χ1v) is 9.52. The maximum absolute atomic E-state index is 7.04. The van der Waals surface area contributed by atoms with E-state index in [0.29, 0.717) is 0 Å². The van der Waals surface area contributed by atoms with E-state index in [9.17, 15) is 0 Å². The minimum Gasteiger partial charge on any atom is -0.342 e. The normalized spacial score (nSPS) is 16.9. The number of anilines is 2. The molecular weight excluding hydrogens is 352 g/mol. The lowest BCUT2D eigenvalue weighted by molar-refractivity contribution is 0.724. The molecule has 0 atom stereocenters. The molecule has 0 aromatic heterocycles. The molecule has 0 bridgehead atoms. The van der Waals surface area contributed by atoms with Crippen molar-refractivity contribution < 1.29 is 0 Å². The largest absolute Gasteiger partial charge is 0.342 e. The number of allylic oxidation sites excluding steroid dienone is 3. The zero-order valence-corrected chi connectivity index (χ0v) is 16.7. The van der Waals surface area contributed by atoms with Crippen LogP contribution in [0.2, 0.25) is 0 Å². The minimum atomic E-state index is 0.238. The van der Waals surface area contributed by atoms with Gasteiger partial charge in [-0.15, -0.1) is 0 Å². The third-order valence-electron chi connectivity index (χ3n) is 5.26. The van der Waals surface area contributed by atoms with Crippen molar-refractivity contribution >= 4 is 28.5 Å². The number of benzene rings is 2. The van der Waals surface area contributed by atoms with Gasteiger partial charge in [-0.2, -0.15) is 0 Å². The Hall–Kier alpha value is -2.71. The molecule has 2 aromatic carbocycles. The third kappa shape index (κ3) is 2.55. The number of rotatable bonds is 2. The fourth-order valence-corrected chi connectivity index (χ4v) is 4.54. The molecule has 0 saturated carbocycles. The molecule has 0 N–H and O–H groups in total. The van der Waals surface area contributed by atoms with E-state index in [-0.39, 0.29) is 5.92 Å². The molecule has 0 spiro atoms. The fraction of sp³-hybridized carbons (Fsp3) is 0.167. The number of hydrogen-bond acceptors (Lipinski definition) is 2. The van der Waals surface area contributed by atoms with Gasteiger partial charge in [0.25, 0.3) is 0 Å². The molecule has 27 heavy (non-hydrogen) atoms. The first-order valence-electron chi connectivity index (χ1n) is 9.14. The van der Waals surface area contributed by atoms with Gasteiger partial charge in [-0.3, -0.25) is 0 Å². The van der Waals surface area contributed by atoms with Crippen LogP contribution in [-0.2, 0) is 0 Å². The third-order valence-corrected chi connectivity index (χ3v) is 5.63. The topological polar surface area (TPSA) is 6.48 Å². The molecule has 0 saturated heterocycles. The van der Waals surface area contributed by atoms with Crippen LogP contribution in [0.25, 0.3) is 5.57 Å².